The zero-order chi connectivity index (χ0) is 19.3. The van der Waals surface area contributed by atoms with Crippen molar-refractivity contribution in [2.45, 2.75) is 38.4 Å². The number of halogens is 4. The predicted octanol–water partition coefficient (Wildman–Crippen LogP) is 5.93. The average molecular weight is 413 g/mol. The van der Waals surface area contributed by atoms with E-state index in [2.05, 4.69) is 29.3 Å². The Morgan fingerprint density at radius 1 is 0.929 bits per heavy atom. The average Bonchev–Trinajstić information content (AvgIpc) is 2.69. The van der Waals surface area contributed by atoms with Crippen LogP contribution in [-0.2, 0) is 6.18 Å². The van der Waals surface area contributed by atoms with E-state index in [0.717, 1.165) is 55.9 Å². The van der Waals surface area contributed by atoms with Crippen LogP contribution < -0.4 is 5.32 Å². The number of rotatable bonds is 6. The molecule has 2 aromatic carbocycles. The van der Waals surface area contributed by atoms with E-state index in [1.165, 1.54) is 18.4 Å². The van der Waals surface area contributed by atoms with Crippen molar-refractivity contribution < 1.29 is 13.2 Å². The Labute approximate surface area is 171 Å². The van der Waals surface area contributed by atoms with Crippen LogP contribution in [0.4, 0.5) is 13.2 Å². The maximum Gasteiger partial charge on any atom is 0.416 e. The lowest BCUT2D eigenvalue weighted by Crippen LogP contribution is -2.45. The molecule has 0 aliphatic carbocycles. The van der Waals surface area contributed by atoms with Crippen LogP contribution in [0.1, 0.15) is 43.4 Å². The largest absolute Gasteiger partial charge is 0.416 e. The van der Waals surface area contributed by atoms with Gasteiger partial charge in [0.15, 0.2) is 0 Å². The smallest absolute Gasteiger partial charge is 0.314 e. The van der Waals surface area contributed by atoms with E-state index >= 15 is 0 Å². The van der Waals surface area contributed by atoms with Gasteiger partial charge in [-0.3, -0.25) is 4.90 Å². The molecule has 1 saturated heterocycles. The number of nitrogens with zero attached hydrogens (tertiary/aromatic N) is 1. The first-order valence-electron chi connectivity index (χ1n) is 9.71. The molecule has 154 valence electrons. The normalized spacial score (nSPS) is 16.4. The first kappa shape index (κ1) is 22.7. The van der Waals surface area contributed by atoms with Crippen LogP contribution in [0, 0.1) is 0 Å². The van der Waals surface area contributed by atoms with E-state index in [4.69, 9.17) is 0 Å². The summed E-state index contributed by atoms with van der Waals surface area (Å²) in [6.07, 6.45) is -0.796. The van der Waals surface area contributed by atoms with Gasteiger partial charge in [-0.25, -0.2) is 0 Å². The molecule has 1 N–H and O–H groups in total. The van der Waals surface area contributed by atoms with Gasteiger partial charge in [0.2, 0.25) is 0 Å². The van der Waals surface area contributed by atoms with Gasteiger partial charge in [0.05, 0.1) is 5.56 Å². The number of nitrogens with one attached hydrogen (secondary N) is 1. The predicted molar refractivity (Wildman–Crippen MR) is 111 cm³/mol. The summed E-state index contributed by atoms with van der Waals surface area (Å²) in [6.45, 7) is 6.35. The zero-order valence-corrected chi connectivity index (χ0v) is 17.0. The van der Waals surface area contributed by atoms with Gasteiger partial charge in [-0.05, 0) is 35.2 Å². The lowest BCUT2D eigenvalue weighted by molar-refractivity contribution is -0.137. The van der Waals surface area contributed by atoms with Crippen molar-refractivity contribution in [2.75, 3.05) is 26.2 Å². The van der Waals surface area contributed by atoms with Crippen LogP contribution in [0.2, 0.25) is 0 Å². The molecule has 1 aliphatic rings. The molecule has 0 aromatic heterocycles. The second kappa shape index (κ2) is 10.3. The topological polar surface area (TPSA) is 15.3 Å². The molecular weight excluding hydrogens is 385 g/mol. The molecule has 6 heteroatoms. The van der Waals surface area contributed by atoms with Crippen molar-refractivity contribution >= 4 is 12.4 Å². The van der Waals surface area contributed by atoms with Gasteiger partial charge in [0.25, 0.3) is 0 Å². The summed E-state index contributed by atoms with van der Waals surface area (Å²) < 4.78 is 38.2. The summed E-state index contributed by atoms with van der Waals surface area (Å²) in [5.74, 6) is 0. The van der Waals surface area contributed by atoms with Gasteiger partial charge >= 0.3 is 6.18 Å². The molecule has 0 spiro atoms. The fraction of sp³-hybridized carbons (Fsp3) is 0.455. The molecule has 0 bridgehead atoms. The molecule has 1 fully saturated rings. The van der Waals surface area contributed by atoms with E-state index in [0.29, 0.717) is 6.04 Å². The van der Waals surface area contributed by atoms with E-state index in [9.17, 15) is 13.2 Å². The molecule has 28 heavy (non-hydrogen) atoms. The van der Waals surface area contributed by atoms with Gasteiger partial charge in [-0.1, -0.05) is 56.2 Å². The van der Waals surface area contributed by atoms with Gasteiger partial charge in [0, 0.05) is 32.2 Å². The number of hydrogen-bond acceptors (Lipinski definition) is 2. The van der Waals surface area contributed by atoms with Crippen LogP contribution in [0.5, 0.6) is 0 Å². The second-order valence-corrected chi connectivity index (χ2v) is 7.14. The second-order valence-electron chi connectivity index (χ2n) is 7.14. The molecule has 2 nitrogen and oxygen atoms in total. The van der Waals surface area contributed by atoms with E-state index in [1.54, 1.807) is 12.1 Å². The molecule has 0 radical (unpaired) electrons. The Bertz CT molecular complexity index is 708. The third-order valence-corrected chi connectivity index (χ3v) is 5.26. The molecule has 1 atom stereocenters. The monoisotopic (exact) mass is 412 g/mol. The molecule has 3 rings (SSSR count). The summed E-state index contributed by atoms with van der Waals surface area (Å²) in [5, 5.41) is 3.40. The maximum absolute atomic E-state index is 12.7. The zero-order valence-electron chi connectivity index (χ0n) is 16.1. The fourth-order valence-corrected chi connectivity index (χ4v) is 3.70. The summed E-state index contributed by atoms with van der Waals surface area (Å²) in [7, 11) is 0. The van der Waals surface area contributed by atoms with Gasteiger partial charge < -0.3 is 5.32 Å². The molecule has 0 saturated carbocycles. The van der Waals surface area contributed by atoms with Crippen LogP contribution in [0.25, 0.3) is 11.1 Å². The Kier molecular flexibility index (Phi) is 8.35. The maximum atomic E-state index is 12.7. The van der Waals surface area contributed by atoms with Crippen molar-refractivity contribution in [3.63, 3.8) is 0 Å². The van der Waals surface area contributed by atoms with Crippen LogP contribution in [0.3, 0.4) is 0 Å². The van der Waals surface area contributed by atoms with E-state index < -0.39 is 11.7 Å². The highest BCUT2D eigenvalue weighted by molar-refractivity contribution is 5.85. The van der Waals surface area contributed by atoms with Gasteiger partial charge in [-0.15, -0.1) is 12.4 Å². The molecule has 0 amide bonds. The summed E-state index contributed by atoms with van der Waals surface area (Å²) >= 11 is 0. The first-order chi connectivity index (χ1) is 13.0. The minimum atomic E-state index is -4.29. The lowest BCUT2D eigenvalue weighted by Gasteiger charge is -2.35. The summed E-state index contributed by atoms with van der Waals surface area (Å²) in [6, 6.07) is 14.1. The molecular formula is C22H28ClF3N2. The van der Waals surface area contributed by atoms with Crippen LogP contribution in [-0.4, -0.2) is 31.1 Å². The third-order valence-electron chi connectivity index (χ3n) is 5.26. The quantitative estimate of drug-likeness (QED) is 0.632. The van der Waals surface area contributed by atoms with Crippen molar-refractivity contribution in [3.05, 3.63) is 59.7 Å². The number of piperazine rings is 1. The molecule has 1 heterocycles. The highest BCUT2D eigenvalue weighted by atomic mass is 35.5. The van der Waals surface area contributed by atoms with E-state index in [-0.39, 0.29) is 12.4 Å². The minimum absolute atomic E-state index is 0. The number of unbranched alkanes of at least 4 members (excludes halogenated alkanes) is 1. The molecule has 1 aliphatic heterocycles. The number of alkyl halides is 3. The van der Waals surface area contributed by atoms with Gasteiger partial charge in [-0.2, -0.15) is 13.2 Å². The SMILES string of the molecule is CCCC[C@@H](c1ccc(-c2ccc(C(F)(F)F)cc2)cc1)N1CCNCC1.Cl. The Morgan fingerprint density at radius 2 is 1.46 bits per heavy atom. The highest BCUT2D eigenvalue weighted by Crippen LogP contribution is 2.32. The fourth-order valence-electron chi connectivity index (χ4n) is 3.70. The summed E-state index contributed by atoms with van der Waals surface area (Å²) in [5.41, 5.74) is 2.44. The van der Waals surface area contributed by atoms with Crippen LogP contribution >= 0.6 is 12.4 Å². The first-order valence-corrected chi connectivity index (χ1v) is 9.71. The van der Waals surface area contributed by atoms with Crippen molar-refractivity contribution in [3.8, 4) is 11.1 Å². The molecule has 0 unspecified atom stereocenters. The minimum Gasteiger partial charge on any atom is -0.314 e. The molecule has 2 aromatic rings. The van der Waals surface area contributed by atoms with Crippen molar-refractivity contribution in [1.82, 2.24) is 10.2 Å². The van der Waals surface area contributed by atoms with Crippen LogP contribution in [0.15, 0.2) is 48.5 Å². The summed E-state index contributed by atoms with van der Waals surface area (Å²) in [4.78, 5) is 2.54. The Hall–Kier alpha value is -1.56. The highest BCUT2D eigenvalue weighted by Gasteiger charge is 2.30. The third kappa shape index (κ3) is 5.72. The lowest BCUT2D eigenvalue weighted by atomic mass is 9.96. The van der Waals surface area contributed by atoms with Crippen molar-refractivity contribution in [2.24, 2.45) is 0 Å². The standard InChI is InChI=1S/C22H27F3N2.ClH/c1-2-3-4-21(27-15-13-26-14-16-27)19-7-5-17(6-8-19)18-9-11-20(12-10-18)22(23,24)25;/h5-12,21,26H,2-4,13-16H2,1H3;1H/t21-;/m0./s1. The van der Waals surface area contributed by atoms with E-state index in [1.807, 2.05) is 12.1 Å². The van der Waals surface area contributed by atoms with Crippen molar-refractivity contribution in [1.29, 1.82) is 0 Å². The van der Waals surface area contributed by atoms with Gasteiger partial charge in [0.1, 0.15) is 0 Å². The Balaban J connectivity index is 0.00000280. The Morgan fingerprint density at radius 3 is 1.96 bits per heavy atom. The number of hydrogen-bond donors (Lipinski definition) is 1. The number of benzene rings is 2.